The fourth-order valence-corrected chi connectivity index (χ4v) is 4.06. The minimum absolute atomic E-state index is 0.0932. The summed E-state index contributed by atoms with van der Waals surface area (Å²) in [5.74, 6) is 0.598. The summed E-state index contributed by atoms with van der Waals surface area (Å²) in [4.78, 5) is 29.8. The van der Waals surface area contributed by atoms with Crippen molar-refractivity contribution >= 4 is 11.8 Å². The van der Waals surface area contributed by atoms with Crippen LogP contribution in [0.3, 0.4) is 0 Å². The molecule has 2 amide bonds. The summed E-state index contributed by atoms with van der Waals surface area (Å²) in [5.41, 5.74) is 1.20. The molecule has 124 valence electrons. The second kappa shape index (κ2) is 5.69. The molecule has 0 bridgehead atoms. The molecule has 3 aliphatic rings. The van der Waals surface area contributed by atoms with Gasteiger partial charge in [0.05, 0.1) is 0 Å². The van der Waals surface area contributed by atoms with Crippen LogP contribution in [0.4, 0.5) is 0 Å². The van der Waals surface area contributed by atoms with Crippen molar-refractivity contribution in [3.05, 3.63) is 24.0 Å². The number of hydrogen-bond donors (Lipinski definition) is 2. The van der Waals surface area contributed by atoms with E-state index in [-0.39, 0.29) is 23.1 Å². The zero-order valence-corrected chi connectivity index (χ0v) is 13.5. The number of rotatable bonds is 5. The lowest BCUT2D eigenvalue weighted by atomic mass is 9.92. The topological polar surface area (TPSA) is 65.2 Å². The summed E-state index contributed by atoms with van der Waals surface area (Å²) in [6, 6.07) is 4.39. The maximum absolute atomic E-state index is 12.4. The van der Waals surface area contributed by atoms with Crippen molar-refractivity contribution in [2.24, 2.45) is 11.3 Å². The number of carbonyl (C=O) groups is 2. The van der Waals surface area contributed by atoms with Crippen molar-refractivity contribution in [1.82, 2.24) is 15.2 Å². The molecule has 23 heavy (non-hydrogen) atoms. The van der Waals surface area contributed by atoms with Gasteiger partial charge in [0.1, 0.15) is 0 Å². The Morgan fingerprint density at radius 3 is 2.96 bits per heavy atom. The van der Waals surface area contributed by atoms with E-state index in [4.69, 9.17) is 0 Å². The largest absolute Gasteiger partial charge is 0.365 e. The van der Waals surface area contributed by atoms with Crippen LogP contribution in [0.25, 0.3) is 0 Å². The number of H-pyrrole nitrogens is 1. The zero-order valence-electron chi connectivity index (χ0n) is 13.5. The summed E-state index contributed by atoms with van der Waals surface area (Å²) < 4.78 is 0. The number of aryl methyl sites for hydroxylation is 1. The van der Waals surface area contributed by atoms with Gasteiger partial charge in [-0.15, -0.1) is 0 Å². The molecule has 5 nitrogen and oxygen atoms in total. The van der Waals surface area contributed by atoms with Crippen LogP contribution in [0, 0.1) is 11.3 Å². The number of carbonyl (C=O) groups excluding carboxylic acids is 2. The summed E-state index contributed by atoms with van der Waals surface area (Å²) in [6.07, 6.45) is 8.67. The van der Waals surface area contributed by atoms with Gasteiger partial charge in [0, 0.05) is 48.8 Å². The highest BCUT2D eigenvalue weighted by atomic mass is 16.2. The molecule has 4 rings (SSSR count). The van der Waals surface area contributed by atoms with Gasteiger partial charge < -0.3 is 15.2 Å². The van der Waals surface area contributed by atoms with Gasteiger partial charge in [-0.3, -0.25) is 9.59 Å². The van der Waals surface area contributed by atoms with Crippen LogP contribution in [0.15, 0.2) is 18.3 Å². The molecule has 2 saturated carbocycles. The van der Waals surface area contributed by atoms with E-state index in [1.807, 2.05) is 23.2 Å². The normalized spacial score (nSPS) is 29.6. The molecule has 2 unspecified atom stereocenters. The van der Waals surface area contributed by atoms with Crippen molar-refractivity contribution in [1.29, 1.82) is 0 Å². The molecule has 1 aromatic heterocycles. The summed E-state index contributed by atoms with van der Waals surface area (Å²) >= 11 is 0. The number of nitrogens with one attached hydrogen (secondary N) is 2. The van der Waals surface area contributed by atoms with Crippen molar-refractivity contribution in [3.8, 4) is 0 Å². The van der Waals surface area contributed by atoms with Crippen LogP contribution in [-0.4, -0.2) is 40.8 Å². The van der Waals surface area contributed by atoms with Crippen LogP contribution in [-0.2, 0) is 16.0 Å². The van der Waals surface area contributed by atoms with Crippen molar-refractivity contribution in [2.45, 2.75) is 51.0 Å². The third-order valence-electron chi connectivity index (χ3n) is 5.97. The molecule has 1 saturated heterocycles. The lowest BCUT2D eigenvalue weighted by Crippen LogP contribution is -2.41. The molecule has 0 radical (unpaired) electrons. The van der Waals surface area contributed by atoms with E-state index in [0.717, 1.165) is 50.9 Å². The van der Waals surface area contributed by atoms with Crippen LogP contribution in [0.2, 0.25) is 0 Å². The van der Waals surface area contributed by atoms with Crippen LogP contribution < -0.4 is 5.32 Å². The first-order valence-electron chi connectivity index (χ1n) is 8.87. The number of nitrogens with zero attached hydrogens (tertiary/aromatic N) is 1. The van der Waals surface area contributed by atoms with Crippen molar-refractivity contribution < 1.29 is 9.59 Å². The molecule has 2 heterocycles. The lowest BCUT2D eigenvalue weighted by Gasteiger charge is -2.26. The van der Waals surface area contributed by atoms with Gasteiger partial charge in [0.25, 0.3) is 0 Å². The van der Waals surface area contributed by atoms with Gasteiger partial charge in [-0.25, -0.2) is 0 Å². The highest BCUT2D eigenvalue weighted by molar-refractivity contribution is 5.84. The Morgan fingerprint density at radius 1 is 1.39 bits per heavy atom. The quantitative estimate of drug-likeness (QED) is 0.871. The van der Waals surface area contributed by atoms with E-state index in [2.05, 4.69) is 10.3 Å². The predicted molar refractivity (Wildman–Crippen MR) is 86.6 cm³/mol. The molecule has 0 aromatic carbocycles. The molecule has 1 aromatic rings. The van der Waals surface area contributed by atoms with Crippen molar-refractivity contribution in [2.75, 3.05) is 13.1 Å². The van der Waals surface area contributed by atoms with Gasteiger partial charge in [-0.1, -0.05) is 0 Å². The molecule has 2 atom stereocenters. The first-order chi connectivity index (χ1) is 11.2. The van der Waals surface area contributed by atoms with E-state index in [1.54, 1.807) is 0 Å². The van der Waals surface area contributed by atoms with Crippen molar-refractivity contribution in [3.63, 3.8) is 0 Å². The number of hydrogen-bond acceptors (Lipinski definition) is 2. The Hall–Kier alpha value is -1.78. The number of likely N-dealkylation sites (tertiary alicyclic amines) is 1. The van der Waals surface area contributed by atoms with Gasteiger partial charge in [0.2, 0.25) is 11.8 Å². The van der Waals surface area contributed by atoms with Gasteiger partial charge >= 0.3 is 0 Å². The Morgan fingerprint density at radius 2 is 2.26 bits per heavy atom. The van der Waals surface area contributed by atoms with E-state index < -0.39 is 0 Å². The van der Waals surface area contributed by atoms with Crippen LogP contribution in [0.1, 0.15) is 44.2 Å². The summed E-state index contributed by atoms with van der Waals surface area (Å²) in [5, 5.41) is 3.17. The molecular formula is C18H25N3O2. The highest BCUT2D eigenvalue weighted by Gasteiger charge is 2.61. The predicted octanol–water partition coefficient (Wildman–Crippen LogP) is 1.85. The monoisotopic (exact) mass is 315 g/mol. The van der Waals surface area contributed by atoms with Gasteiger partial charge in [0.15, 0.2) is 0 Å². The van der Waals surface area contributed by atoms with E-state index in [1.165, 1.54) is 6.42 Å². The third-order valence-corrected chi connectivity index (χ3v) is 5.97. The van der Waals surface area contributed by atoms with E-state index >= 15 is 0 Å². The Bertz CT molecular complexity index is 593. The summed E-state index contributed by atoms with van der Waals surface area (Å²) in [7, 11) is 0. The zero-order chi connectivity index (χ0) is 15.9. The van der Waals surface area contributed by atoms with Crippen LogP contribution >= 0.6 is 0 Å². The molecule has 3 fully saturated rings. The molecule has 5 heteroatoms. The average Bonchev–Trinajstić information content (AvgIpc) is 2.88. The molecule has 2 aliphatic carbocycles. The lowest BCUT2D eigenvalue weighted by molar-refractivity contribution is -0.130. The SMILES string of the molecule is O=C(NC1CCC1)C1CC12CCN(C(=O)CCc1ccc[nH]1)C2. The van der Waals surface area contributed by atoms with Crippen LogP contribution in [0.5, 0.6) is 0 Å². The average molecular weight is 315 g/mol. The van der Waals surface area contributed by atoms with E-state index in [0.29, 0.717) is 12.5 Å². The number of aromatic amines is 1. The second-order valence-corrected chi connectivity index (χ2v) is 7.52. The number of amides is 2. The van der Waals surface area contributed by atoms with Gasteiger partial charge in [-0.2, -0.15) is 0 Å². The number of aromatic nitrogens is 1. The Kier molecular flexibility index (Phi) is 3.66. The van der Waals surface area contributed by atoms with Gasteiger partial charge in [-0.05, 0) is 50.7 Å². The molecule has 1 spiro atoms. The maximum Gasteiger partial charge on any atom is 0.223 e. The fourth-order valence-electron chi connectivity index (χ4n) is 4.06. The van der Waals surface area contributed by atoms with E-state index in [9.17, 15) is 9.59 Å². The highest BCUT2D eigenvalue weighted by Crippen LogP contribution is 2.58. The Labute approximate surface area is 136 Å². The molecule has 2 N–H and O–H groups in total. The fraction of sp³-hybridized carbons (Fsp3) is 0.667. The second-order valence-electron chi connectivity index (χ2n) is 7.52. The maximum atomic E-state index is 12.4. The first-order valence-corrected chi connectivity index (χ1v) is 8.87. The first kappa shape index (κ1) is 14.8. The molecule has 1 aliphatic heterocycles. The third kappa shape index (κ3) is 2.89. The molecular weight excluding hydrogens is 290 g/mol. The summed E-state index contributed by atoms with van der Waals surface area (Å²) in [6.45, 7) is 1.59. The minimum Gasteiger partial charge on any atom is -0.365 e. The Balaban J connectivity index is 1.26. The smallest absolute Gasteiger partial charge is 0.223 e. The minimum atomic E-state index is 0.0932. The standard InChI is InChI=1S/C18H25N3O2/c22-16(7-6-13-5-2-9-19-13)21-10-8-18(12-21)11-15(18)17(23)20-14-3-1-4-14/h2,5,9,14-15,19H,1,3-4,6-8,10-12H2,(H,20,23).